The summed E-state index contributed by atoms with van der Waals surface area (Å²) >= 11 is 5.96. The van der Waals surface area contributed by atoms with Crippen LogP contribution in [0.4, 0.5) is 5.69 Å². The van der Waals surface area contributed by atoms with E-state index in [-0.39, 0.29) is 0 Å². The molecular formula is C9H12ClNO3. The topological polar surface area (TPSA) is 53.7 Å². The largest absolute Gasteiger partial charge is 0.495 e. The number of methoxy groups -OCH3 is 3. The first kappa shape index (κ1) is 10.8. The van der Waals surface area contributed by atoms with E-state index in [1.165, 1.54) is 21.3 Å². The van der Waals surface area contributed by atoms with Gasteiger partial charge in [-0.3, -0.25) is 0 Å². The Bertz CT molecular complexity index is 313. The normalized spacial score (nSPS) is 9.71. The standard InChI is InChI=1S/C9H12ClNO3/c1-12-5-4-6(13-2)8(11)9(14-3)7(5)10/h4H,11H2,1-3H3. The van der Waals surface area contributed by atoms with Crippen molar-refractivity contribution in [1.82, 2.24) is 0 Å². The van der Waals surface area contributed by atoms with Crippen molar-refractivity contribution in [3.63, 3.8) is 0 Å². The summed E-state index contributed by atoms with van der Waals surface area (Å²) < 4.78 is 15.1. The molecule has 4 nitrogen and oxygen atoms in total. The number of ether oxygens (including phenoxy) is 3. The van der Waals surface area contributed by atoms with Gasteiger partial charge >= 0.3 is 0 Å². The Balaban J connectivity index is 3.39. The van der Waals surface area contributed by atoms with Crippen LogP contribution in [0.3, 0.4) is 0 Å². The third-order valence-electron chi connectivity index (χ3n) is 1.83. The summed E-state index contributed by atoms with van der Waals surface area (Å²) in [5.41, 5.74) is 6.10. The Hall–Kier alpha value is -1.29. The second-order valence-corrected chi connectivity index (χ2v) is 2.92. The molecule has 1 aromatic carbocycles. The predicted octanol–water partition coefficient (Wildman–Crippen LogP) is 1.95. The van der Waals surface area contributed by atoms with E-state index < -0.39 is 0 Å². The maximum atomic E-state index is 5.96. The first-order valence-electron chi connectivity index (χ1n) is 3.89. The van der Waals surface area contributed by atoms with Crippen molar-refractivity contribution >= 4 is 17.3 Å². The Labute approximate surface area is 87.5 Å². The zero-order valence-electron chi connectivity index (χ0n) is 8.26. The number of nitrogen functional groups attached to an aromatic ring is 1. The first-order chi connectivity index (χ1) is 6.65. The first-order valence-corrected chi connectivity index (χ1v) is 4.27. The second-order valence-electron chi connectivity index (χ2n) is 2.54. The number of halogens is 1. The third-order valence-corrected chi connectivity index (χ3v) is 2.19. The van der Waals surface area contributed by atoms with Gasteiger partial charge in [0, 0.05) is 6.07 Å². The van der Waals surface area contributed by atoms with Gasteiger partial charge in [-0.05, 0) is 0 Å². The van der Waals surface area contributed by atoms with Crippen molar-refractivity contribution in [2.45, 2.75) is 0 Å². The molecule has 0 radical (unpaired) electrons. The molecule has 0 aliphatic rings. The van der Waals surface area contributed by atoms with Crippen LogP contribution in [0.15, 0.2) is 6.07 Å². The van der Waals surface area contributed by atoms with Gasteiger partial charge in [0.05, 0.1) is 21.3 Å². The Morgan fingerprint density at radius 3 is 2.07 bits per heavy atom. The van der Waals surface area contributed by atoms with E-state index in [2.05, 4.69) is 0 Å². The number of anilines is 1. The molecule has 14 heavy (non-hydrogen) atoms. The van der Waals surface area contributed by atoms with Crippen LogP contribution in [0.1, 0.15) is 0 Å². The van der Waals surface area contributed by atoms with Crippen LogP contribution in [-0.2, 0) is 0 Å². The van der Waals surface area contributed by atoms with E-state index in [9.17, 15) is 0 Å². The van der Waals surface area contributed by atoms with Crippen molar-refractivity contribution in [2.75, 3.05) is 27.1 Å². The number of rotatable bonds is 3. The average Bonchev–Trinajstić information content (AvgIpc) is 2.19. The molecule has 2 N–H and O–H groups in total. The highest BCUT2D eigenvalue weighted by Gasteiger charge is 2.16. The van der Waals surface area contributed by atoms with Crippen LogP contribution in [0.5, 0.6) is 17.2 Å². The van der Waals surface area contributed by atoms with Crippen LogP contribution in [0, 0.1) is 0 Å². The van der Waals surface area contributed by atoms with Gasteiger partial charge < -0.3 is 19.9 Å². The minimum atomic E-state index is 0.341. The van der Waals surface area contributed by atoms with Crippen LogP contribution in [-0.4, -0.2) is 21.3 Å². The third kappa shape index (κ3) is 1.65. The molecule has 0 saturated carbocycles. The molecule has 0 amide bonds. The lowest BCUT2D eigenvalue weighted by Crippen LogP contribution is -1.99. The molecule has 78 valence electrons. The SMILES string of the molecule is COc1cc(OC)c(Cl)c(OC)c1N. The smallest absolute Gasteiger partial charge is 0.167 e. The minimum Gasteiger partial charge on any atom is -0.495 e. The predicted molar refractivity (Wildman–Crippen MR) is 55.5 cm³/mol. The quantitative estimate of drug-likeness (QED) is 0.787. The summed E-state index contributed by atoms with van der Waals surface area (Å²) in [5, 5.41) is 0.341. The highest BCUT2D eigenvalue weighted by molar-refractivity contribution is 6.34. The molecule has 0 spiro atoms. The maximum absolute atomic E-state index is 5.96. The Morgan fingerprint density at radius 2 is 1.64 bits per heavy atom. The molecule has 1 rings (SSSR count). The van der Waals surface area contributed by atoms with Gasteiger partial charge in [-0.25, -0.2) is 0 Å². The van der Waals surface area contributed by atoms with Gasteiger partial charge in [0.25, 0.3) is 0 Å². The van der Waals surface area contributed by atoms with Gasteiger partial charge in [0.2, 0.25) is 0 Å². The van der Waals surface area contributed by atoms with Crippen LogP contribution >= 0.6 is 11.6 Å². The fourth-order valence-corrected chi connectivity index (χ4v) is 1.43. The zero-order valence-corrected chi connectivity index (χ0v) is 9.01. The van der Waals surface area contributed by atoms with Crippen molar-refractivity contribution in [2.24, 2.45) is 0 Å². The Morgan fingerprint density at radius 1 is 1.07 bits per heavy atom. The highest BCUT2D eigenvalue weighted by Crippen LogP contribution is 2.44. The van der Waals surface area contributed by atoms with E-state index >= 15 is 0 Å². The van der Waals surface area contributed by atoms with Gasteiger partial charge in [0.1, 0.15) is 22.2 Å². The fraction of sp³-hybridized carbons (Fsp3) is 0.333. The Kier molecular flexibility index (Phi) is 3.30. The second kappa shape index (κ2) is 4.28. The number of hydrogen-bond acceptors (Lipinski definition) is 4. The summed E-state index contributed by atoms with van der Waals surface area (Å²) in [6.07, 6.45) is 0. The molecule has 5 heteroatoms. The average molecular weight is 218 g/mol. The van der Waals surface area contributed by atoms with Crippen LogP contribution in [0.25, 0.3) is 0 Å². The van der Waals surface area contributed by atoms with E-state index in [0.717, 1.165) is 0 Å². The molecule has 0 aliphatic carbocycles. The lowest BCUT2D eigenvalue weighted by molar-refractivity contribution is 0.378. The molecule has 0 aliphatic heterocycles. The van der Waals surface area contributed by atoms with E-state index in [1.54, 1.807) is 6.07 Å². The van der Waals surface area contributed by atoms with Crippen molar-refractivity contribution in [3.05, 3.63) is 11.1 Å². The molecular weight excluding hydrogens is 206 g/mol. The van der Waals surface area contributed by atoms with Crippen molar-refractivity contribution in [3.8, 4) is 17.2 Å². The molecule has 0 unspecified atom stereocenters. The summed E-state index contributed by atoms with van der Waals surface area (Å²) in [7, 11) is 4.51. The molecule has 0 saturated heterocycles. The molecule has 1 aromatic rings. The van der Waals surface area contributed by atoms with Crippen molar-refractivity contribution in [1.29, 1.82) is 0 Å². The molecule has 0 bridgehead atoms. The lowest BCUT2D eigenvalue weighted by atomic mass is 10.2. The summed E-state index contributed by atoms with van der Waals surface area (Å²) in [4.78, 5) is 0. The maximum Gasteiger partial charge on any atom is 0.167 e. The van der Waals surface area contributed by atoms with Gasteiger partial charge in [-0.1, -0.05) is 11.6 Å². The lowest BCUT2D eigenvalue weighted by Gasteiger charge is -2.13. The van der Waals surface area contributed by atoms with E-state index in [1.807, 2.05) is 0 Å². The minimum absolute atomic E-state index is 0.341. The fourth-order valence-electron chi connectivity index (χ4n) is 1.12. The van der Waals surface area contributed by atoms with Crippen LogP contribution < -0.4 is 19.9 Å². The molecule has 0 atom stereocenters. The zero-order chi connectivity index (χ0) is 10.7. The van der Waals surface area contributed by atoms with E-state index in [4.69, 9.17) is 31.5 Å². The molecule has 0 aromatic heterocycles. The number of hydrogen-bond donors (Lipinski definition) is 1. The molecule has 0 fully saturated rings. The van der Waals surface area contributed by atoms with Crippen LogP contribution in [0.2, 0.25) is 5.02 Å². The highest BCUT2D eigenvalue weighted by atomic mass is 35.5. The summed E-state index contributed by atoms with van der Waals surface area (Å²) in [5.74, 6) is 1.31. The van der Waals surface area contributed by atoms with Crippen molar-refractivity contribution < 1.29 is 14.2 Å². The van der Waals surface area contributed by atoms with Gasteiger partial charge in [-0.2, -0.15) is 0 Å². The monoisotopic (exact) mass is 217 g/mol. The number of benzene rings is 1. The number of nitrogens with two attached hydrogens (primary N) is 1. The van der Waals surface area contributed by atoms with E-state index in [0.29, 0.717) is 28.0 Å². The summed E-state index contributed by atoms with van der Waals surface area (Å²) in [6, 6.07) is 1.61. The molecule has 0 heterocycles. The van der Waals surface area contributed by atoms with Gasteiger partial charge in [0.15, 0.2) is 5.75 Å². The summed E-state index contributed by atoms with van der Waals surface area (Å²) in [6.45, 7) is 0. The van der Waals surface area contributed by atoms with Gasteiger partial charge in [-0.15, -0.1) is 0 Å².